The molecule has 0 saturated carbocycles. The smallest absolute Gasteiger partial charge is 0.338 e. The molecule has 1 unspecified atom stereocenters. The third-order valence-electron chi connectivity index (χ3n) is 6.57. The van der Waals surface area contributed by atoms with Crippen LogP contribution in [0.15, 0.2) is 75.7 Å². The lowest BCUT2D eigenvalue weighted by Gasteiger charge is -2.25. The van der Waals surface area contributed by atoms with E-state index < -0.39 is 12.0 Å². The summed E-state index contributed by atoms with van der Waals surface area (Å²) in [6.45, 7) is 5.60. The van der Waals surface area contributed by atoms with Crippen molar-refractivity contribution in [2.24, 2.45) is 4.99 Å². The Morgan fingerprint density at radius 3 is 2.46 bits per heavy atom. The van der Waals surface area contributed by atoms with Crippen LogP contribution < -0.4 is 19.8 Å². The van der Waals surface area contributed by atoms with Crippen LogP contribution in [0.4, 0.5) is 5.69 Å². The second-order valence-electron chi connectivity index (χ2n) is 9.33. The van der Waals surface area contributed by atoms with Gasteiger partial charge in [-0.3, -0.25) is 9.36 Å². The molecule has 5 rings (SSSR count). The summed E-state index contributed by atoms with van der Waals surface area (Å²) in [5.74, 6) is -0.488. The van der Waals surface area contributed by atoms with E-state index >= 15 is 0 Å². The summed E-state index contributed by atoms with van der Waals surface area (Å²) in [5.41, 5.74) is 4.56. The number of rotatable bonds is 6. The molecule has 0 bridgehead atoms. The van der Waals surface area contributed by atoms with Crippen LogP contribution in [-0.2, 0) is 9.53 Å². The molecule has 0 fully saturated rings. The zero-order valence-corrected chi connectivity index (χ0v) is 23.9. The molecule has 0 amide bonds. The molecule has 1 aliphatic heterocycles. The lowest BCUT2D eigenvalue weighted by molar-refractivity contribution is -0.139. The number of hydrogen-bond acceptors (Lipinski definition) is 7. The summed E-state index contributed by atoms with van der Waals surface area (Å²) in [6, 6.07) is 16.7. The molecule has 4 aromatic rings. The van der Waals surface area contributed by atoms with Crippen molar-refractivity contribution in [3.05, 3.63) is 108 Å². The van der Waals surface area contributed by atoms with Crippen molar-refractivity contribution < 1.29 is 9.53 Å². The van der Waals surface area contributed by atoms with Crippen molar-refractivity contribution in [1.29, 1.82) is 0 Å². The van der Waals surface area contributed by atoms with Crippen molar-refractivity contribution in [3.63, 3.8) is 0 Å². The number of aryl methyl sites for hydroxylation is 1. The van der Waals surface area contributed by atoms with E-state index in [9.17, 15) is 9.59 Å². The number of hydrogen-bond donors (Lipinski definition) is 0. The maximum absolute atomic E-state index is 13.9. The van der Waals surface area contributed by atoms with Crippen molar-refractivity contribution in [1.82, 2.24) is 14.3 Å². The summed E-state index contributed by atoms with van der Waals surface area (Å²) < 4.78 is 9.05. The third kappa shape index (κ3) is 4.84. The zero-order valence-electron chi connectivity index (χ0n) is 22.3. The number of halogens is 1. The van der Waals surface area contributed by atoms with E-state index in [4.69, 9.17) is 16.3 Å². The van der Waals surface area contributed by atoms with Crippen molar-refractivity contribution in [2.45, 2.75) is 26.8 Å². The summed E-state index contributed by atoms with van der Waals surface area (Å²) in [6.07, 6.45) is 1.75. The highest BCUT2D eigenvalue weighted by Crippen LogP contribution is 2.32. The van der Waals surface area contributed by atoms with Gasteiger partial charge in [0.1, 0.15) is 5.15 Å². The van der Waals surface area contributed by atoms with Gasteiger partial charge < -0.3 is 9.64 Å². The lowest BCUT2D eigenvalue weighted by Crippen LogP contribution is -2.40. The quantitative estimate of drug-likeness (QED) is 0.332. The number of anilines is 1. The summed E-state index contributed by atoms with van der Waals surface area (Å²) in [4.78, 5) is 34.2. The molecule has 0 N–H and O–H groups in total. The van der Waals surface area contributed by atoms with Crippen LogP contribution in [0.2, 0.25) is 5.15 Å². The van der Waals surface area contributed by atoms with Crippen molar-refractivity contribution in [2.75, 3.05) is 25.6 Å². The minimum atomic E-state index is -0.678. The minimum Gasteiger partial charge on any atom is -0.463 e. The number of ether oxygens (including phenoxy) is 1. The van der Waals surface area contributed by atoms with Gasteiger partial charge in [-0.05, 0) is 56.7 Å². The van der Waals surface area contributed by atoms with Crippen LogP contribution in [0.5, 0.6) is 0 Å². The maximum Gasteiger partial charge on any atom is 0.338 e. The van der Waals surface area contributed by atoms with Crippen molar-refractivity contribution in [3.8, 4) is 5.69 Å². The average Bonchev–Trinajstić information content (AvgIpc) is 3.38. The van der Waals surface area contributed by atoms with E-state index in [2.05, 4.69) is 10.1 Å². The molecule has 2 aromatic carbocycles. The largest absolute Gasteiger partial charge is 0.463 e. The predicted molar refractivity (Wildman–Crippen MR) is 154 cm³/mol. The summed E-state index contributed by atoms with van der Waals surface area (Å²) in [5, 5.41) is 5.00. The molecule has 0 radical (unpaired) electrons. The Labute approximate surface area is 234 Å². The molecule has 2 aromatic heterocycles. The Bertz CT molecular complexity index is 1770. The molecular weight excluding hydrogens is 534 g/mol. The molecule has 0 aliphatic carbocycles. The van der Waals surface area contributed by atoms with Crippen LogP contribution in [0.3, 0.4) is 0 Å². The van der Waals surface area contributed by atoms with Gasteiger partial charge in [-0.25, -0.2) is 14.5 Å². The van der Waals surface area contributed by atoms with Crippen LogP contribution in [0, 0.1) is 6.92 Å². The van der Waals surface area contributed by atoms with Crippen LogP contribution in [0.25, 0.3) is 11.8 Å². The fraction of sp³-hybridized carbons (Fsp3) is 0.241. The van der Waals surface area contributed by atoms with E-state index in [1.54, 1.807) is 29.2 Å². The highest BCUT2D eigenvalue weighted by atomic mass is 35.5. The van der Waals surface area contributed by atoms with Gasteiger partial charge in [0.25, 0.3) is 5.56 Å². The SMILES string of the molecule is CCOC(=O)C1=C(C)N=c2s/c(=C/c3c(C)nn(-c4ccccc4)c3Cl)c(=O)n2C1c1ccc(N(C)C)cc1. The fourth-order valence-corrected chi connectivity index (χ4v) is 5.96. The van der Waals surface area contributed by atoms with E-state index in [-0.39, 0.29) is 12.2 Å². The van der Waals surface area contributed by atoms with Crippen LogP contribution >= 0.6 is 22.9 Å². The second kappa shape index (κ2) is 10.7. The monoisotopic (exact) mass is 561 g/mol. The maximum atomic E-state index is 13.9. The fourth-order valence-electron chi connectivity index (χ4n) is 4.61. The van der Waals surface area contributed by atoms with Gasteiger partial charge in [0.15, 0.2) is 4.80 Å². The second-order valence-corrected chi connectivity index (χ2v) is 10.7. The molecule has 1 aliphatic rings. The molecule has 39 heavy (non-hydrogen) atoms. The Morgan fingerprint density at radius 1 is 1.13 bits per heavy atom. The van der Waals surface area contributed by atoms with Gasteiger partial charge in [0.2, 0.25) is 0 Å². The first-order valence-corrected chi connectivity index (χ1v) is 13.7. The number of carbonyl (C=O) groups is 1. The third-order valence-corrected chi connectivity index (χ3v) is 7.91. The summed E-state index contributed by atoms with van der Waals surface area (Å²) in [7, 11) is 3.92. The van der Waals surface area contributed by atoms with E-state index in [1.807, 2.05) is 80.5 Å². The first kappa shape index (κ1) is 26.6. The molecule has 8 nitrogen and oxygen atoms in total. The minimum absolute atomic E-state index is 0.218. The number of benzene rings is 2. The van der Waals surface area contributed by atoms with Gasteiger partial charge in [0.05, 0.1) is 39.8 Å². The Morgan fingerprint density at radius 2 is 1.82 bits per heavy atom. The Balaban J connectivity index is 1.69. The average molecular weight is 562 g/mol. The van der Waals surface area contributed by atoms with Crippen LogP contribution in [0.1, 0.15) is 36.7 Å². The van der Waals surface area contributed by atoms with Gasteiger partial charge >= 0.3 is 5.97 Å². The number of aromatic nitrogens is 3. The van der Waals surface area contributed by atoms with E-state index in [1.165, 1.54) is 11.3 Å². The Hall–Kier alpha value is -3.95. The number of thiazole rings is 1. The molecule has 1 atom stereocenters. The predicted octanol–water partition coefficient (Wildman–Crippen LogP) is 4.01. The topological polar surface area (TPSA) is 81.7 Å². The molecule has 10 heteroatoms. The van der Waals surface area contributed by atoms with Crippen molar-refractivity contribution >= 4 is 40.7 Å². The molecule has 3 heterocycles. The highest BCUT2D eigenvalue weighted by molar-refractivity contribution is 7.07. The standard InChI is InChI=1S/C29H28ClN5O3S/c1-6-38-28(37)24-18(3)31-29-34(25(24)19-12-14-20(15-13-19)33(4)5)27(36)23(39-29)16-22-17(2)32-35(26(22)30)21-10-8-7-9-11-21/h7-16,25H,6H2,1-5H3/b23-16+. The summed E-state index contributed by atoms with van der Waals surface area (Å²) >= 11 is 8.00. The molecule has 0 spiro atoms. The van der Waals surface area contributed by atoms with Gasteiger partial charge in [-0.1, -0.05) is 53.3 Å². The van der Waals surface area contributed by atoms with E-state index in [0.29, 0.717) is 37.0 Å². The highest BCUT2D eigenvalue weighted by Gasteiger charge is 2.33. The molecule has 0 saturated heterocycles. The number of esters is 1. The zero-order chi connectivity index (χ0) is 27.8. The number of fused-ring (bicyclic) bond motifs is 1. The Kier molecular flexibility index (Phi) is 7.29. The lowest BCUT2D eigenvalue weighted by atomic mass is 9.95. The number of allylic oxidation sites excluding steroid dienone is 1. The molecular formula is C29H28ClN5O3S. The van der Waals surface area contributed by atoms with Gasteiger partial charge in [-0.2, -0.15) is 5.10 Å². The number of nitrogens with zero attached hydrogens (tertiary/aromatic N) is 5. The number of para-hydroxylation sites is 1. The number of carbonyl (C=O) groups excluding carboxylic acids is 1. The first-order chi connectivity index (χ1) is 18.7. The van der Waals surface area contributed by atoms with Gasteiger partial charge in [0, 0.05) is 25.3 Å². The normalized spacial score (nSPS) is 15.2. The van der Waals surface area contributed by atoms with Crippen LogP contribution in [-0.4, -0.2) is 41.0 Å². The molecule has 200 valence electrons. The first-order valence-electron chi connectivity index (χ1n) is 12.5. The van der Waals surface area contributed by atoms with E-state index in [0.717, 1.165) is 16.9 Å². The van der Waals surface area contributed by atoms with Gasteiger partial charge in [-0.15, -0.1) is 0 Å².